The smallest absolute Gasteiger partial charge is 0.264 e. The zero-order valence-electron chi connectivity index (χ0n) is 20.5. The molecule has 2 amide bonds. The SMILES string of the molecule is NC(=O)c1sc(-c2ccnc(NC(=O)C3CC3)c2)nc1OCCC1CCN(Cc2ccccc2Cl)CC1. The molecular formula is C27H30ClN5O3S. The van der Waals surface area contributed by atoms with E-state index in [4.69, 9.17) is 22.1 Å². The highest BCUT2D eigenvalue weighted by atomic mass is 35.5. The van der Waals surface area contributed by atoms with Crippen molar-refractivity contribution in [2.24, 2.45) is 17.6 Å². The van der Waals surface area contributed by atoms with Crippen molar-refractivity contribution in [2.45, 2.75) is 38.6 Å². The number of piperidine rings is 1. The normalized spacial score (nSPS) is 16.5. The van der Waals surface area contributed by atoms with E-state index in [1.807, 2.05) is 18.2 Å². The Kier molecular flexibility index (Phi) is 8.02. The molecule has 5 rings (SSSR count). The maximum atomic E-state index is 12.1. The van der Waals surface area contributed by atoms with Crippen LogP contribution in [0.5, 0.6) is 5.88 Å². The van der Waals surface area contributed by atoms with E-state index >= 15 is 0 Å². The average Bonchev–Trinajstić information content (AvgIpc) is 3.66. The summed E-state index contributed by atoms with van der Waals surface area (Å²) in [6.45, 7) is 3.38. The van der Waals surface area contributed by atoms with Gasteiger partial charge in [0, 0.05) is 29.2 Å². The Labute approximate surface area is 225 Å². The third kappa shape index (κ3) is 6.66. The zero-order valence-corrected chi connectivity index (χ0v) is 22.1. The highest BCUT2D eigenvalue weighted by Gasteiger charge is 2.30. The standard InChI is InChI=1S/C27H30ClN5O3S/c28-21-4-2-1-3-20(21)16-33-12-8-17(9-13-33)10-14-36-26-23(24(29)34)37-27(32-26)19-7-11-30-22(15-19)31-25(35)18-5-6-18/h1-4,7,11,15,17-18H,5-6,8-10,12-14,16H2,(H2,29,34)(H,30,31,35). The molecular weight excluding hydrogens is 510 g/mol. The molecule has 0 atom stereocenters. The number of nitrogens with two attached hydrogens (primary N) is 1. The summed E-state index contributed by atoms with van der Waals surface area (Å²) >= 11 is 7.50. The number of nitrogens with zero attached hydrogens (tertiary/aromatic N) is 3. The molecule has 8 nitrogen and oxygen atoms in total. The molecule has 1 aromatic carbocycles. The minimum Gasteiger partial charge on any atom is -0.476 e. The molecule has 0 radical (unpaired) electrons. The van der Waals surface area contributed by atoms with Crippen molar-refractivity contribution in [3.63, 3.8) is 0 Å². The largest absolute Gasteiger partial charge is 0.476 e. The molecule has 3 heterocycles. The van der Waals surface area contributed by atoms with Crippen LogP contribution in [-0.2, 0) is 11.3 Å². The summed E-state index contributed by atoms with van der Waals surface area (Å²) in [4.78, 5) is 35.7. The van der Waals surface area contributed by atoms with Gasteiger partial charge >= 0.3 is 0 Å². The van der Waals surface area contributed by atoms with E-state index in [0.29, 0.717) is 28.2 Å². The van der Waals surface area contributed by atoms with Gasteiger partial charge in [0.05, 0.1) is 6.61 Å². The van der Waals surface area contributed by atoms with Crippen molar-refractivity contribution in [3.05, 3.63) is 58.1 Å². The van der Waals surface area contributed by atoms with Gasteiger partial charge in [0.2, 0.25) is 11.8 Å². The Balaban J connectivity index is 1.15. The quantitative estimate of drug-likeness (QED) is 0.375. The van der Waals surface area contributed by atoms with Crippen molar-refractivity contribution in [3.8, 4) is 16.5 Å². The monoisotopic (exact) mass is 539 g/mol. The number of anilines is 1. The Morgan fingerprint density at radius 3 is 2.68 bits per heavy atom. The molecule has 10 heteroatoms. The molecule has 1 aliphatic heterocycles. The molecule has 1 saturated heterocycles. The fourth-order valence-corrected chi connectivity index (χ4v) is 5.57. The lowest BCUT2D eigenvalue weighted by Crippen LogP contribution is -2.33. The van der Waals surface area contributed by atoms with E-state index < -0.39 is 5.91 Å². The van der Waals surface area contributed by atoms with Crippen LogP contribution in [0.3, 0.4) is 0 Å². The number of hydrogen-bond donors (Lipinski definition) is 2. The van der Waals surface area contributed by atoms with E-state index in [2.05, 4.69) is 26.3 Å². The van der Waals surface area contributed by atoms with Gasteiger partial charge in [-0.1, -0.05) is 29.8 Å². The van der Waals surface area contributed by atoms with Gasteiger partial charge in [0.15, 0.2) is 4.88 Å². The molecule has 194 valence electrons. The molecule has 1 aliphatic carbocycles. The molecule has 3 N–H and O–H groups in total. The van der Waals surface area contributed by atoms with Gasteiger partial charge < -0.3 is 15.8 Å². The number of nitrogens with one attached hydrogen (secondary N) is 1. The summed E-state index contributed by atoms with van der Waals surface area (Å²) in [5.41, 5.74) is 7.52. The lowest BCUT2D eigenvalue weighted by molar-refractivity contribution is -0.117. The minimum atomic E-state index is -0.567. The molecule has 0 spiro atoms. The number of benzene rings is 1. The van der Waals surface area contributed by atoms with E-state index in [1.54, 1.807) is 18.3 Å². The minimum absolute atomic E-state index is 0.0136. The Bertz CT molecular complexity index is 1270. The van der Waals surface area contributed by atoms with Gasteiger partial charge in [0.1, 0.15) is 10.8 Å². The number of ether oxygens (including phenoxy) is 1. The lowest BCUT2D eigenvalue weighted by atomic mass is 9.93. The van der Waals surface area contributed by atoms with Gasteiger partial charge in [-0.05, 0) is 74.9 Å². The number of amides is 2. The van der Waals surface area contributed by atoms with Gasteiger partial charge in [-0.15, -0.1) is 11.3 Å². The number of thiazole rings is 1. The average molecular weight is 540 g/mol. The molecule has 3 aromatic rings. The number of likely N-dealkylation sites (tertiary alicyclic amines) is 1. The van der Waals surface area contributed by atoms with Gasteiger partial charge in [-0.3, -0.25) is 14.5 Å². The summed E-state index contributed by atoms with van der Waals surface area (Å²) in [6.07, 6.45) is 6.51. The molecule has 37 heavy (non-hydrogen) atoms. The number of rotatable bonds is 10. The number of hydrogen-bond acceptors (Lipinski definition) is 7. The van der Waals surface area contributed by atoms with Crippen molar-refractivity contribution in [1.29, 1.82) is 0 Å². The highest BCUT2D eigenvalue weighted by molar-refractivity contribution is 7.17. The van der Waals surface area contributed by atoms with Crippen LogP contribution in [0.15, 0.2) is 42.6 Å². The molecule has 2 aliphatic rings. The first-order valence-corrected chi connectivity index (χ1v) is 13.8. The zero-order chi connectivity index (χ0) is 25.8. The van der Waals surface area contributed by atoms with E-state index in [0.717, 1.165) is 67.9 Å². The van der Waals surface area contributed by atoms with Crippen LogP contribution in [-0.4, -0.2) is 46.4 Å². The number of pyridine rings is 1. The number of halogens is 1. The van der Waals surface area contributed by atoms with Crippen molar-refractivity contribution >= 4 is 40.6 Å². The number of primary amides is 1. The third-order valence-corrected chi connectivity index (χ3v) is 8.32. The van der Waals surface area contributed by atoms with Crippen molar-refractivity contribution < 1.29 is 14.3 Å². The molecule has 0 unspecified atom stereocenters. The van der Waals surface area contributed by atoms with Crippen LogP contribution in [0.1, 0.15) is 47.3 Å². The Morgan fingerprint density at radius 2 is 1.95 bits per heavy atom. The fourth-order valence-electron chi connectivity index (χ4n) is 4.51. The van der Waals surface area contributed by atoms with Crippen LogP contribution in [0, 0.1) is 11.8 Å². The van der Waals surface area contributed by atoms with Gasteiger partial charge in [-0.25, -0.2) is 9.97 Å². The molecule has 0 bridgehead atoms. The molecule has 1 saturated carbocycles. The number of carbonyl (C=O) groups excluding carboxylic acids is 2. The van der Waals surface area contributed by atoms with Crippen molar-refractivity contribution in [1.82, 2.24) is 14.9 Å². The summed E-state index contributed by atoms with van der Waals surface area (Å²) in [6, 6.07) is 11.5. The van der Waals surface area contributed by atoms with E-state index in [9.17, 15) is 9.59 Å². The maximum absolute atomic E-state index is 12.1. The predicted octanol–water partition coefficient (Wildman–Crippen LogP) is 4.99. The van der Waals surface area contributed by atoms with Crippen molar-refractivity contribution in [2.75, 3.05) is 25.0 Å². The van der Waals surface area contributed by atoms with E-state index in [-0.39, 0.29) is 17.7 Å². The van der Waals surface area contributed by atoms with Crippen LogP contribution in [0.2, 0.25) is 5.02 Å². The first-order chi connectivity index (χ1) is 18.0. The van der Waals surface area contributed by atoms with Crippen LogP contribution >= 0.6 is 22.9 Å². The summed E-state index contributed by atoms with van der Waals surface area (Å²) in [7, 11) is 0. The van der Waals surface area contributed by atoms with E-state index in [1.165, 1.54) is 11.3 Å². The maximum Gasteiger partial charge on any atom is 0.264 e. The first kappa shape index (κ1) is 25.6. The second-order valence-electron chi connectivity index (χ2n) is 9.66. The topological polar surface area (TPSA) is 110 Å². The Morgan fingerprint density at radius 1 is 1.16 bits per heavy atom. The first-order valence-electron chi connectivity index (χ1n) is 12.6. The van der Waals surface area contributed by atoms with Gasteiger partial charge in [0.25, 0.3) is 5.91 Å². The molecule has 2 aromatic heterocycles. The Hall–Kier alpha value is -3.01. The van der Waals surface area contributed by atoms with Crippen LogP contribution in [0.25, 0.3) is 10.6 Å². The lowest BCUT2D eigenvalue weighted by Gasteiger charge is -2.32. The summed E-state index contributed by atoms with van der Waals surface area (Å²) in [5.74, 6) is 0.790. The van der Waals surface area contributed by atoms with Gasteiger partial charge in [-0.2, -0.15) is 0 Å². The summed E-state index contributed by atoms with van der Waals surface area (Å²) < 4.78 is 5.96. The molecule has 2 fully saturated rings. The fraction of sp³-hybridized carbons (Fsp3) is 0.407. The second kappa shape index (κ2) is 11.6. The van der Waals surface area contributed by atoms with Crippen LogP contribution < -0.4 is 15.8 Å². The highest BCUT2D eigenvalue weighted by Crippen LogP contribution is 2.34. The van der Waals surface area contributed by atoms with Crippen LogP contribution in [0.4, 0.5) is 5.82 Å². The summed E-state index contributed by atoms with van der Waals surface area (Å²) in [5, 5.41) is 4.26. The number of carbonyl (C=O) groups is 2. The third-order valence-electron chi connectivity index (χ3n) is 6.85. The second-order valence-corrected chi connectivity index (χ2v) is 11.1. The predicted molar refractivity (Wildman–Crippen MR) is 145 cm³/mol. The number of aromatic nitrogens is 2.